The van der Waals surface area contributed by atoms with E-state index >= 15 is 0 Å². The van der Waals surface area contributed by atoms with E-state index in [0.717, 1.165) is 5.66 Å². The minimum absolute atomic E-state index is 0.759. The third-order valence-corrected chi connectivity index (χ3v) is 1.59. The summed E-state index contributed by atoms with van der Waals surface area (Å²) in [5.74, 6) is 0. The average molecular weight is 86.1 g/mol. The van der Waals surface area contributed by atoms with Crippen LogP contribution in [0, 0.1) is 0 Å². The number of hydrogen-bond donors (Lipinski definition) is 0. The van der Waals surface area contributed by atoms with Gasteiger partial charge in [-0.25, -0.2) is 0 Å². The Morgan fingerprint density at radius 2 is 1.80 bits per heavy atom. The largest absolute Gasteiger partial charge is 0.0521 e. The zero-order valence-electron chi connectivity index (χ0n) is 3.15. The van der Waals surface area contributed by atoms with Crippen LogP contribution in [0.3, 0.4) is 0 Å². The molecule has 0 N–H and O–H groups in total. The second-order valence-electron chi connectivity index (χ2n) is 1.58. The molecule has 0 bridgehead atoms. The monoisotopic (exact) mass is 86.0 g/mol. The molecule has 0 aromatic carbocycles. The molecule has 1 aliphatic carbocycles. The Labute approximate surface area is 35.2 Å². The highest BCUT2D eigenvalue weighted by molar-refractivity contribution is 7.17. The predicted octanol–water partition coefficient (Wildman–Crippen LogP) is 1.95. The van der Waals surface area contributed by atoms with Crippen LogP contribution in [0.15, 0.2) is 0 Å². The van der Waals surface area contributed by atoms with Crippen LogP contribution in [0.4, 0.5) is 0 Å². The Morgan fingerprint density at radius 3 is 1.80 bits per heavy atom. The summed E-state index contributed by atoms with van der Waals surface area (Å²) in [6.45, 7) is 0. The third-order valence-electron chi connectivity index (χ3n) is 1.07. The van der Waals surface area contributed by atoms with E-state index in [-0.39, 0.29) is 0 Å². The molecule has 0 nitrogen and oxygen atoms in total. The van der Waals surface area contributed by atoms with Crippen molar-refractivity contribution in [1.29, 1.82) is 0 Å². The topological polar surface area (TPSA) is 0 Å². The Balaban J connectivity index is 2.08. The van der Waals surface area contributed by atoms with Crippen LogP contribution in [0.5, 0.6) is 0 Å². The average Bonchev–Trinajstić information content (AvgIpc) is 1.30. The van der Waals surface area contributed by atoms with Crippen molar-refractivity contribution in [1.82, 2.24) is 0 Å². The lowest BCUT2D eigenvalue weighted by Crippen LogP contribution is -2.07. The maximum absolute atomic E-state index is 4.18. The summed E-state index contributed by atoms with van der Waals surface area (Å²) in [7, 11) is 4.18. The standard InChI is InChI=1S/C4H7P/c5-4-2-1-3-4/h4H,1-3H2. The highest BCUT2D eigenvalue weighted by atomic mass is 31.0. The van der Waals surface area contributed by atoms with Crippen LogP contribution < -0.4 is 0 Å². The Hall–Kier alpha value is 0.430. The zero-order chi connectivity index (χ0) is 3.70. The first-order valence-electron chi connectivity index (χ1n) is 2.07. The maximum atomic E-state index is 4.18. The summed E-state index contributed by atoms with van der Waals surface area (Å²) in [4.78, 5) is 0. The molecule has 1 saturated carbocycles. The second kappa shape index (κ2) is 1.26. The van der Waals surface area contributed by atoms with Crippen molar-refractivity contribution in [3.63, 3.8) is 0 Å². The van der Waals surface area contributed by atoms with Gasteiger partial charge in [-0.2, -0.15) is 0 Å². The van der Waals surface area contributed by atoms with Crippen molar-refractivity contribution in [2.75, 3.05) is 0 Å². The molecule has 5 heavy (non-hydrogen) atoms. The summed E-state index contributed by atoms with van der Waals surface area (Å²) in [6, 6.07) is 0. The van der Waals surface area contributed by atoms with Crippen LogP contribution >= 0.6 is 9.24 Å². The molecule has 0 aromatic rings. The fourth-order valence-electron chi connectivity index (χ4n) is 0.387. The minimum atomic E-state index is 0.759. The molecular formula is C4H7P. The quantitative estimate of drug-likeness (QED) is 0.395. The molecule has 0 unspecified atom stereocenters. The fraction of sp³-hybridized carbons (Fsp3) is 1.00. The molecular weight excluding hydrogens is 79.0 g/mol. The smallest absolute Gasteiger partial charge is 0.0125 e. The van der Waals surface area contributed by atoms with Crippen molar-refractivity contribution >= 4 is 9.24 Å². The first-order chi connectivity index (χ1) is 2.39. The minimum Gasteiger partial charge on any atom is -0.0521 e. The van der Waals surface area contributed by atoms with E-state index in [1.807, 2.05) is 0 Å². The van der Waals surface area contributed by atoms with Gasteiger partial charge in [0, 0.05) is 0 Å². The highest BCUT2D eigenvalue weighted by Gasteiger charge is 2.10. The van der Waals surface area contributed by atoms with Gasteiger partial charge in [0.25, 0.3) is 0 Å². The van der Waals surface area contributed by atoms with Crippen LogP contribution in [-0.4, -0.2) is 5.66 Å². The molecule has 0 atom stereocenters. The van der Waals surface area contributed by atoms with Gasteiger partial charge in [-0.05, 0) is 27.7 Å². The van der Waals surface area contributed by atoms with Gasteiger partial charge >= 0.3 is 0 Å². The molecule has 28 valence electrons. The van der Waals surface area contributed by atoms with E-state index in [4.69, 9.17) is 0 Å². The van der Waals surface area contributed by atoms with Gasteiger partial charge in [-0.1, -0.05) is 6.42 Å². The van der Waals surface area contributed by atoms with E-state index in [1.54, 1.807) is 0 Å². The van der Waals surface area contributed by atoms with Gasteiger partial charge in [0.2, 0.25) is 0 Å². The van der Waals surface area contributed by atoms with Crippen molar-refractivity contribution in [2.24, 2.45) is 0 Å². The van der Waals surface area contributed by atoms with Crippen LogP contribution in [-0.2, 0) is 0 Å². The molecule has 0 amide bonds. The van der Waals surface area contributed by atoms with Gasteiger partial charge in [0.05, 0.1) is 0 Å². The molecule has 2 radical (unpaired) electrons. The molecule has 0 aromatic heterocycles. The molecule has 1 heteroatoms. The van der Waals surface area contributed by atoms with E-state index in [0.29, 0.717) is 0 Å². The maximum Gasteiger partial charge on any atom is -0.0125 e. The lowest BCUT2D eigenvalue weighted by molar-refractivity contribution is 0.522. The molecule has 1 aliphatic rings. The molecule has 0 saturated heterocycles. The van der Waals surface area contributed by atoms with Crippen LogP contribution in [0.1, 0.15) is 19.3 Å². The van der Waals surface area contributed by atoms with E-state index < -0.39 is 0 Å². The van der Waals surface area contributed by atoms with Crippen molar-refractivity contribution in [3.05, 3.63) is 0 Å². The first kappa shape index (κ1) is 3.61. The molecule has 0 aliphatic heterocycles. The van der Waals surface area contributed by atoms with Gasteiger partial charge in [-0.15, -0.1) is 0 Å². The van der Waals surface area contributed by atoms with Crippen molar-refractivity contribution in [2.45, 2.75) is 24.9 Å². The fourth-order valence-corrected chi connectivity index (χ4v) is 0.752. The van der Waals surface area contributed by atoms with Gasteiger partial charge in [-0.3, -0.25) is 0 Å². The highest BCUT2D eigenvalue weighted by Crippen LogP contribution is 2.25. The second-order valence-corrected chi connectivity index (χ2v) is 2.32. The Kier molecular flexibility index (Phi) is 0.911. The van der Waals surface area contributed by atoms with Gasteiger partial charge in [0.1, 0.15) is 0 Å². The van der Waals surface area contributed by atoms with Crippen LogP contribution in [0.25, 0.3) is 0 Å². The van der Waals surface area contributed by atoms with E-state index in [1.165, 1.54) is 19.3 Å². The third kappa shape index (κ3) is 0.633. The number of hydrogen-bond acceptors (Lipinski definition) is 0. The molecule has 0 heterocycles. The molecule has 1 rings (SSSR count). The first-order valence-corrected chi connectivity index (χ1v) is 2.59. The Morgan fingerprint density at radius 1 is 1.40 bits per heavy atom. The van der Waals surface area contributed by atoms with Gasteiger partial charge < -0.3 is 0 Å². The summed E-state index contributed by atoms with van der Waals surface area (Å²) in [5, 5.41) is 0. The molecule has 1 fully saturated rings. The van der Waals surface area contributed by atoms with E-state index in [2.05, 4.69) is 9.24 Å². The van der Waals surface area contributed by atoms with E-state index in [9.17, 15) is 0 Å². The zero-order valence-corrected chi connectivity index (χ0v) is 4.04. The van der Waals surface area contributed by atoms with Gasteiger partial charge in [0.15, 0.2) is 0 Å². The van der Waals surface area contributed by atoms with Crippen LogP contribution in [0.2, 0.25) is 0 Å². The SMILES string of the molecule is [P]C1CCC1. The normalized spacial score (nSPS) is 25.8. The summed E-state index contributed by atoms with van der Waals surface area (Å²) >= 11 is 0. The summed E-state index contributed by atoms with van der Waals surface area (Å²) < 4.78 is 0. The summed E-state index contributed by atoms with van der Waals surface area (Å²) in [6.07, 6.45) is 4.11. The summed E-state index contributed by atoms with van der Waals surface area (Å²) in [5.41, 5.74) is 0.759. The lowest BCUT2D eigenvalue weighted by atomic mass is 10.00. The van der Waals surface area contributed by atoms with Crippen molar-refractivity contribution in [3.8, 4) is 0 Å². The van der Waals surface area contributed by atoms with Crippen molar-refractivity contribution < 1.29 is 0 Å². The number of rotatable bonds is 0. The predicted molar refractivity (Wildman–Crippen MR) is 24.6 cm³/mol. The lowest BCUT2D eigenvalue weighted by Gasteiger charge is -2.17. The molecule has 0 spiro atoms. The Bertz CT molecular complexity index is 30.6.